The maximum Gasteiger partial charge on any atom is 0.328 e. The summed E-state index contributed by atoms with van der Waals surface area (Å²) in [7, 11) is 0. The Hall–Kier alpha value is -2.08. The summed E-state index contributed by atoms with van der Waals surface area (Å²) < 4.78 is 26.0. The van der Waals surface area contributed by atoms with Crippen LogP contribution in [0, 0.1) is 0 Å². The summed E-state index contributed by atoms with van der Waals surface area (Å²) in [5.74, 6) is -1.41. The van der Waals surface area contributed by atoms with Gasteiger partial charge in [-0.15, -0.1) is 0 Å². The molecule has 0 aliphatic carbocycles. The summed E-state index contributed by atoms with van der Waals surface area (Å²) in [6.45, 7) is 5.91. The number of hydrogen-bond acceptors (Lipinski definition) is 9. The first-order valence-corrected chi connectivity index (χ1v) is 10.6. The third-order valence-electron chi connectivity index (χ3n) is 4.12. The Kier molecular flexibility index (Phi) is 15.3. The summed E-state index contributed by atoms with van der Waals surface area (Å²) >= 11 is 0. The molecule has 11 heteroatoms. The van der Waals surface area contributed by atoms with E-state index in [9.17, 15) is 19.2 Å². The van der Waals surface area contributed by atoms with Crippen molar-refractivity contribution in [1.82, 2.24) is 10.6 Å². The second-order valence-electron chi connectivity index (χ2n) is 6.79. The number of rotatable bonds is 19. The molecular formula is C20H34N2O9. The van der Waals surface area contributed by atoms with E-state index >= 15 is 0 Å². The fraction of sp³-hybridized carbons (Fsp3) is 0.800. The lowest BCUT2D eigenvalue weighted by atomic mass is 10.2. The number of aldehydes is 1. The normalized spacial score (nSPS) is 16.5. The van der Waals surface area contributed by atoms with E-state index in [-0.39, 0.29) is 26.1 Å². The van der Waals surface area contributed by atoms with Crippen LogP contribution in [0.1, 0.15) is 32.6 Å². The van der Waals surface area contributed by atoms with Gasteiger partial charge in [0.05, 0.1) is 65.3 Å². The minimum absolute atomic E-state index is 0.0434. The molecule has 1 unspecified atom stereocenters. The SMILES string of the molecule is CCCOCCOCCOCCOCCC(=O)N[C@H](C=O)CC(=O)NC1CCOC1=O. The van der Waals surface area contributed by atoms with Crippen LogP contribution in [0.3, 0.4) is 0 Å². The number of carbonyl (C=O) groups excluding carboxylic acids is 4. The van der Waals surface area contributed by atoms with Crippen LogP contribution in [0.2, 0.25) is 0 Å². The summed E-state index contributed by atoms with van der Waals surface area (Å²) in [4.78, 5) is 46.2. The average Bonchev–Trinajstić information content (AvgIpc) is 3.15. The number of ether oxygens (including phenoxy) is 5. The second-order valence-corrected chi connectivity index (χ2v) is 6.79. The van der Waals surface area contributed by atoms with E-state index in [4.69, 9.17) is 23.7 Å². The maximum absolute atomic E-state index is 11.9. The molecule has 0 spiro atoms. The zero-order valence-electron chi connectivity index (χ0n) is 18.1. The molecule has 0 aromatic heterocycles. The van der Waals surface area contributed by atoms with Crippen LogP contribution in [0.25, 0.3) is 0 Å². The van der Waals surface area contributed by atoms with Gasteiger partial charge in [0.1, 0.15) is 12.3 Å². The number of hydrogen-bond donors (Lipinski definition) is 2. The summed E-state index contributed by atoms with van der Waals surface area (Å²) in [5, 5.41) is 4.94. The summed E-state index contributed by atoms with van der Waals surface area (Å²) in [6.07, 6.45) is 1.66. The monoisotopic (exact) mass is 446 g/mol. The van der Waals surface area contributed by atoms with Gasteiger partial charge in [-0.05, 0) is 6.42 Å². The molecule has 31 heavy (non-hydrogen) atoms. The molecule has 1 aliphatic heterocycles. The largest absolute Gasteiger partial charge is 0.464 e. The van der Waals surface area contributed by atoms with Crippen LogP contribution in [-0.2, 0) is 42.9 Å². The van der Waals surface area contributed by atoms with Crippen molar-refractivity contribution >= 4 is 24.1 Å². The number of esters is 1. The lowest BCUT2D eigenvalue weighted by Crippen LogP contribution is -2.44. The Labute approximate surface area is 182 Å². The first kappa shape index (κ1) is 27.0. The highest BCUT2D eigenvalue weighted by molar-refractivity contribution is 5.88. The average molecular weight is 446 g/mol. The number of amides is 2. The zero-order chi connectivity index (χ0) is 22.7. The quantitative estimate of drug-likeness (QED) is 0.151. The van der Waals surface area contributed by atoms with E-state index in [0.717, 1.165) is 13.0 Å². The van der Waals surface area contributed by atoms with Crippen LogP contribution in [0.4, 0.5) is 0 Å². The standard InChI is InChI=1S/C20H34N2O9/c1-2-5-27-8-10-29-12-13-30-11-9-28-6-4-18(24)21-16(15-23)14-19(25)22-17-3-7-31-20(17)26/h15-17H,2-14H2,1H3,(H,21,24)(H,22,25)/t16-,17?/m0/s1. The molecule has 1 heterocycles. The lowest BCUT2D eigenvalue weighted by Gasteiger charge is -2.14. The van der Waals surface area contributed by atoms with Gasteiger partial charge < -0.3 is 39.1 Å². The number of carbonyl (C=O) groups is 4. The van der Waals surface area contributed by atoms with Gasteiger partial charge >= 0.3 is 5.97 Å². The van der Waals surface area contributed by atoms with Gasteiger partial charge in [0.2, 0.25) is 11.8 Å². The molecule has 0 aromatic rings. The van der Waals surface area contributed by atoms with E-state index in [0.29, 0.717) is 52.3 Å². The van der Waals surface area contributed by atoms with Crippen LogP contribution >= 0.6 is 0 Å². The topological polar surface area (TPSA) is 138 Å². The van der Waals surface area contributed by atoms with Crippen molar-refractivity contribution in [2.75, 3.05) is 59.5 Å². The number of nitrogens with one attached hydrogen (secondary N) is 2. The van der Waals surface area contributed by atoms with Crippen molar-refractivity contribution in [3.8, 4) is 0 Å². The summed E-state index contributed by atoms with van der Waals surface area (Å²) in [6, 6.07) is -1.67. The van der Waals surface area contributed by atoms with Gasteiger partial charge in [0.15, 0.2) is 0 Å². The van der Waals surface area contributed by atoms with Crippen molar-refractivity contribution in [2.45, 2.75) is 44.7 Å². The molecule has 1 fully saturated rings. The van der Waals surface area contributed by atoms with Crippen molar-refractivity contribution in [3.05, 3.63) is 0 Å². The molecule has 0 aromatic carbocycles. The maximum atomic E-state index is 11.9. The zero-order valence-corrected chi connectivity index (χ0v) is 18.1. The molecule has 2 N–H and O–H groups in total. The molecule has 0 saturated carbocycles. The minimum Gasteiger partial charge on any atom is -0.464 e. The first-order valence-electron chi connectivity index (χ1n) is 10.6. The lowest BCUT2D eigenvalue weighted by molar-refractivity contribution is -0.141. The molecule has 0 bridgehead atoms. The Morgan fingerprint density at radius 1 is 1.00 bits per heavy atom. The van der Waals surface area contributed by atoms with Crippen LogP contribution in [-0.4, -0.2) is 95.6 Å². The highest BCUT2D eigenvalue weighted by Crippen LogP contribution is 2.06. The van der Waals surface area contributed by atoms with Gasteiger partial charge in [-0.1, -0.05) is 6.92 Å². The van der Waals surface area contributed by atoms with Gasteiger partial charge in [-0.3, -0.25) is 9.59 Å². The fourth-order valence-electron chi connectivity index (χ4n) is 2.56. The van der Waals surface area contributed by atoms with Crippen LogP contribution in [0.15, 0.2) is 0 Å². The first-order chi connectivity index (χ1) is 15.1. The van der Waals surface area contributed by atoms with Crippen molar-refractivity contribution in [3.63, 3.8) is 0 Å². The van der Waals surface area contributed by atoms with Crippen LogP contribution < -0.4 is 10.6 Å². The minimum atomic E-state index is -0.972. The third-order valence-corrected chi connectivity index (χ3v) is 4.12. The Balaban J connectivity index is 1.98. The van der Waals surface area contributed by atoms with Gasteiger partial charge in [-0.25, -0.2) is 4.79 Å². The Bertz CT molecular complexity index is 545. The molecule has 1 saturated heterocycles. The molecule has 0 radical (unpaired) electrons. The molecular weight excluding hydrogens is 412 g/mol. The molecule has 1 rings (SSSR count). The third kappa shape index (κ3) is 13.8. The van der Waals surface area contributed by atoms with Crippen molar-refractivity contribution in [1.29, 1.82) is 0 Å². The molecule has 178 valence electrons. The predicted molar refractivity (Wildman–Crippen MR) is 108 cm³/mol. The fourth-order valence-corrected chi connectivity index (χ4v) is 2.56. The predicted octanol–water partition coefficient (Wildman–Crippen LogP) is -0.642. The smallest absolute Gasteiger partial charge is 0.328 e. The molecule has 1 aliphatic rings. The van der Waals surface area contributed by atoms with Crippen molar-refractivity contribution in [2.24, 2.45) is 0 Å². The number of cyclic esters (lactones) is 1. The second kappa shape index (κ2) is 17.6. The van der Waals surface area contributed by atoms with E-state index < -0.39 is 29.9 Å². The highest BCUT2D eigenvalue weighted by atomic mass is 16.6. The summed E-state index contributed by atoms with van der Waals surface area (Å²) in [5.41, 5.74) is 0. The Morgan fingerprint density at radius 2 is 1.58 bits per heavy atom. The molecule has 2 amide bonds. The van der Waals surface area contributed by atoms with Crippen LogP contribution in [0.5, 0.6) is 0 Å². The van der Waals surface area contributed by atoms with Gasteiger partial charge in [0, 0.05) is 19.4 Å². The van der Waals surface area contributed by atoms with E-state index in [1.807, 2.05) is 6.92 Å². The van der Waals surface area contributed by atoms with Gasteiger partial charge in [0.25, 0.3) is 0 Å². The van der Waals surface area contributed by atoms with E-state index in [2.05, 4.69) is 10.6 Å². The van der Waals surface area contributed by atoms with E-state index in [1.54, 1.807) is 0 Å². The Morgan fingerprint density at radius 3 is 2.10 bits per heavy atom. The van der Waals surface area contributed by atoms with E-state index in [1.165, 1.54) is 0 Å². The molecule has 2 atom stereocenters. The highest BCUT2D eigenvalue weighted by Gasteiger charge is 2.28. The van der Waals surface area contributed by atoms with Crippen molar-refractivity contribution < 1.29 is 42.9 Å². The van der Waals surface area contributed by atoms with Gasteiger partial charge in [-0.2, -0.15) is 0 Å². The molecule has 11 nitrogen and oxygen atoms in total.